The number of fused-ring (bicyclic) bond motifs is 1. The second-order valence-corrected chi connectivity index (χ2v) is 5.63. The van der Waals surface area contributed by atoms with Crippen molar-refractivity contribution in [2.45, 2.75) is 26.3 Å². The molecule has 0 radical (unpaired) electrons. The average molecular weight is 283 g/mol. The van der Waals surface area contributed by atoms with E-state index in [2.05, 4.69) is 58.6 Å². The number of rotatable bonds is 3. The maximum atomic E-state index is 3.64. The summed E-state index contributed by atoms with van der Waals surface area (Å²) in [5.74, 6) is 0.700. The van der Waals surface area contributed by atoms with Gasteiger partial charge in [0.2, 0.25) is 0 Å². The van der Waals surface area contributed by atoms with Crippen molar-refractivity contribution in [3.8, 4) is 0 Å². The Bertz CT molecular complexity index is 363. The average Bonchev–Trinajstić information content (AvgIpc) is 2.27. The van der Waals surface area contributed by atoms with Gasteiger partial charge in [-0.15, -0.1) is 0 Å². The van der Waals surface area contributed by atoms with Gasteiger partial charge in [0.05, 0.1) is 5.69 Å². The number of nitrogens with one attached hydrogen (secondary N) is 2. The van der Waals surface area contributed by atoms with Crippen molar-refractivity contribution >= 4 is 21.6 Å². The van der Waals surface area contributed by atoms with Crippen molar-refractivity contribution in [3.63, 3.8) is 0 Å². The Kier molecular flexibility index (Phi) is 3.87. The monoisotopic (exact) mass is 282 g/mol. The van der Waals surface area contributed by atoms with E-state index in [9.17, 15) is 0 Å². The van der Waals surface area contributed by atoms with Crippen LogP contribution in [0, 0.1) is 5.92 Å². The van der Waals surface area contributed by atoms with Crippen molar-refractivity contribution in [2.24, 2.45) is 5.92 Å². The molecule has 88 valence electrons. The van der Waals surface area contributed by atoms with Gasteiger partial charge in [-0.2, -0.15) is 0 Å². The lowest BCUT2D eigenvalue weighted by molar-refractivity contribution is 0.453. The standard InChI is InChI=1S/C13H19BrN2/c1-9(2)8-16-12-6-7-15-13-10(12)4-3-5-11(13)14/h3-5,9,12,15-16H,6-8H2,1-2H3. The van der Waals surface area contributed by atoms with E-state index in [0.717, 1.165) is 19.5 Å². The van der Waals surface area contributed by atoms with E-state index < -0.39 is 0 Å². The van der Waals surface area contributed by atoms with Crippen LogP contribution >= 0.6 is 15.9 Å². The fraction of sp³-hybridized carbons (Fsp3) is 0.538. The zero-order valence-electron chi connectivity index (χ0n) is 9.89. The molecule has 1 aromatic rings. The zero-order chi connectivity index (χ0) is 11.5. The first-order chi connectivity index (χ1) is 7.68. The van der Waals surface area contributed by atoms with E-state index in [0.29, 0.717) is 12.0 Å². The molecule has 1 aliphatic heterocycles. The second-order valence-electron chi connectivity index (χ2n) is 4.77. The molecule has 1 unspecified atom stereocenters. The third kappa shape index (κ3) is 2.58. The predicted octanol–water partition coefficient (Wildman–Crippen LogP) is 3.55. The lowest BCUT2D eigenvalue weighted by Crippen LogP contribution is -2.30. The van der Waals surface area contributed by atoms with E-state index in [4.69, 9.17) is 0 Å². The summed E-state index contributed by atoms with van der Waals surface area (Å²) in [6, 6.07) is 6.91. The summed E-state index contributed by atoms with van der Waals surface area (Å²) in [4.78, 5) is 0. The Hall–Kier alpha value is -0.540. The van der Waals surface area contributed by atoms with E-state index in [1.807, 2.05) is 0 Å². The Morgan fingerprint density at radius 3 is 3.06 bits per heavy atom. The minimum absolute atomic E-state index is 0.496. The van der Waals surface area contributed by atoms with Gasteiger partial charge in [0, 0.05) is 17.1 Å². The van der Waals surface area contributed by atoms with E-state index in [-0.39, 0.29) is 0 Å². The molecular weight excluding hydrogens is 264 g/mol. The highest BCUT2D eigenvalue weighted by Gasteiger charge is 2.20. The minimum atomic E-state index is 0.496. The fourth-order valence-electron chi connectivity index (χ4n) is 2.10. The summed E-state index contributed by atoms with van der Waals surface area (Å²) in [5.41, 5.74) is 2.65. The van der Waals surface area contributed by atoms with Gasteiger partial charge < -0.3 is 10.6 Å². The van der Waals surface area contributed by atoms with Crippen LogP contribution in [-0.4, -0.2) is 13.1 Å². The molecule has 1 aliphatic rings. The molecule has 0 saturated heterocycles. The summed E-state index contributed by atoms with van der Waals surface area (Å²) in [5, 5.41) is 7.11. The summed E-state index contributed by atoms with van der Waals surface area (Å²) in [6.45, 7) is 6.62. The zero-order valence-corrected chi connectivity index (χ0v) is 11.5. The van der Waals surface area contributed by atoms with Crippen LogP contribution in [0.15, 0.2) is 22.7 Å². The van der Waals surface area contributed by atoms with E-state index in [1.54, 1.807) is 0 Å². The van der Waals surface area contributed by atoms with Crippen molar-refractivity contribution in [1.29, 1.82) is 0 Å². The van der Waals surface area contributed by atoms with Gasteiger partial charge in [-0.25, -0.2) is 0 Å². The van der Waals surface area contributed by atoms with Gasteiger partial charge in [0.15, 0.2) is 0 Å². The molecule has 2 rings (SSSR count). The van der Waals surface area contributed by atoms with Gasteiger partial charge >= 0.3 is 0 Å². The molecule has 1 atom stereocenters. The molecule has 0 saturated carbocycles. The molecule has 0 aromatic heterocycles. The van der Waals surface area contributed by atoms with Crippen LogP contribution in [0.4, 0.5) is 5.69 Å². The van der Waals surface area contributed by atoms with Crippen LogP contribution in [0.3, 0.4) is 0 Å². The normalized spacial score (nSPS) is 19.4. The lowest BCUT2D eigenvalue weighted by Gasteiger charge is -2.29. The first kappa shape index (κ1) is 11.9. The highest BCUT2D eigenvalue weighted by Crippen LogP contribution is 2.35. The third-order valence-electron chi connectivity index (χ3n) is 2.93. The van der Waals surface area contributed by atoms with Crippen LogP contribution < -0.4 is 10.6 Å². The van der Waals surface area contributed by atoms with Crippen LogP contribution in [-0.2, 0) is 0 Å². The molecule has 0 spiro atoms. The number of hydrogen-bond donors (Lipinski definition) is 2. The highest BCUT2D eigenvalue weighted by atomic mass is 79.9. The van der Waals surface area contributed by atoms with Gasteiger partial charge in [-0.05, 0) is 46.4 Å². The summed E-state index contributed by atoms with van der Waals surface area (Å²) >= 11 is 3.60. The maximum Gasteiger partial charge on any atom is 0.0533 e. The Balaban J connectivity index is 2.16. The Labute approximate surface area is 106 Å². The van der Waals surface area contributed by atoms with Crippen LogP contribution in [0.1, 0.15) is 31.9 Å². The van der Waals surface area contributed by atoms with Gasteiger partial charge in [0.1, 0.15) is 0 Å². The lowest BCUT2D eigenvalue weighted by atomic mass is 9.97. The summed E-state index contributed by atoms with van der Waals surface area (Å²) < 4.78 is 1.17. The summed E-state index contributed by atoms with van der Waals surface area (Å²) in [7, 11) is 0. The van der Waals surface area contributed by atoms with Crippen molar-refractivity contribution in [3.05, 3.63) is 28.2 Å². The largest absolute Gasteiger partial charge is 0.384 e. The topological polar surface area (TPSA) is 24.1 Å². The number of benzene rings is 1. The van der Waals surface area contributed by atoms with Crippen LogP contribution in [0.5, 0.6) is 0 Å². The predicted molar refractivity (Wildman–Crippen MR) is 72.8 cm³/mol. The van der Waals surface area contributed by atoms with E-state index in [1.165, 1.54) is 15.7 Å². The van der Waals surface area contributed by atoms with E-state index >= 15 is 0 Å². The summed E-state index contributed by atoms with van der Waals surface area (Å²) in [6.07, 6.45) is 1.16. The highest BCUT2D eigenvalue weighted by molar-refractivity contribution is 9.10. The van der Waals surface area contributed by atoms with Crippen LogP contribution in [0.2, 0.25) is 0 Å². The quantitative estimate of drug-likeness (QED) is 0.886. The number of para-hydroxylation sites is 1. The minimum Gasteiger partial charge on any atom is -0.384 e. The first-order valence-corrected chi connectivity index (χ1v) is 6.73. The molecule has 0 amide bonds. The molecule has 1 aromatic carbocycles. The SMILES string of the molecule is CC(C)CNC1CCNc2c(Br)cccc21. The molecule has 0 bridgehead atoms. The fourth-order valence-corrected chi connectivity index (χ4v) is 2.63. The molecule has 3 heteroatoms. The Morgan fingerprint density at radius 1 is 1.50 bits per heavy atom. The number of hydrogen-bond acceptors (Lipinski definition) is 2. The van der Waals surface area contributed by atoms with Crippen molar-refractivity contribution < 1.29 is 0 Å². The molecule has 16 heavy (non-hydrogen) atoms. The molecule has 1 heterocycles. The van der Waals surface area contributed by atoms with Crippen molar-refractivity contribution in [1.82, 2.24) is 5.32 Å². The third-order valence-corrected chi connectivity index (χ3v) is 3.59. The van der Waals surface area contributed by atoms with Crippen molar-refractivity contribution in [2.75, 3.05) is 18.4 Å². The maximum absolute atomic E-state index is 3.64. The molecule has 2 nitrogen and oxygen atoms in total. The van der Waals surface area contributed by atoms with Gasteiger partial charge in [0.25, 0.3) is 0 Å². The number of anilines is 1. The Morgan fingerprint density at radius 2 is 2.31 bits per heavy atom. The molecular formula is C13H19BrN2. The molecule has 2 N–H and O–H groups in total. The smallest absolute Gasteiger partial charge is 0.0533 e. The molecule has 0 aliphatic carbocycles. The van der Waals surface area contributed by atoms with Gasteiger partial charge in [-0.3, -0.25) is 0 Å². The second kappa shape index (κ2) is 5.19. The van der Waals surface area contributed by atoms with Gasteiger partial charge in [-0.1, -0.05) is 26.0 Å². The number of halogens is 1. The first-order valence-electron chi connectivity index (χ1n) is 5.94. The van der Waals surface area contributed by atoms with Crippen LogP contribution in [0.25, 0.3) is 0 Å². The molecule has 0 fully saturated rings.